The van der Waals surface area contributed by atoms with Crippen LogP contribution >= 0.6 is 0 Å². The molecule has 2 aromatic carbocycles. The molecule has 0 aliphatic rings. The van der Waals surface area contributed by atoms with Gasteiger partial charge in [-0.1, -0.05) is 42.5 Å². The molecule has 1 unspecified atom stereocenters. The second-order valence-corrected chi connectivity index (χ2v) is 4.59. The first-order valence-corrected chi connectivity index (χ1v) is 6.53. The van der Waals surface area contributed by atoms with Crippen molar-refractivity contribution in [2.24, 2.45) is 0 Å². The van der Waals surface area contributed by atoms with Crippen LogP contribution in [0.3, 0.4) is 0 Å². The van der Waals surface area contributed by atoms with E-state index in [0.29, 0.717) is 0 Å². The lowest BCUT2D eigenvalue weighted by atomic mass is 10.0. The quantitative estimate of drug-likeness (QED) is 0.786. The zero-order valence-corrected chi connectivity index (χ0v) is 10.9. The summed E-state index contributed by atoms with van der Waals surface area (Å²) in [6.07, 6.45) is 2.79. The molecule has 0 aliphatic carbocycles. The average Bonchev–Trinajstić information content (AvgIpc) is 2.53. The third-order valence-corrected chi connectivity index (χ3v) is 3.21. The van der Waals surface area contributed by atoms with E-state index in [-0.39, 0.29) is 6.61 Å². The molecular weight excluding hydrogens is 250 g/mol. The van der Waals surface area contributed by atoms with E-state index in [1.54, 1.807) is 12.4 Å². The summed E-state index contributed by atoms with van der Waals surface area (Å²) in [7, 11) is 0. The number of hydrogen-bond donors (Lipinski definition) is 1. The second kappa shape index (κ2) is 5.72. The van der Waals surface area contributed by atoms with E-state index in [1.807, 2.05) is 54.6 Å². The van der Waals surface area contributed by atoms with Crippen LogP contribution in [0.1, 0.15) is 11.7 Å². The summed E-state index contributed by atoms with van der Waals surface area (Å²) >= 11 is 0. The summed E-state index contributed by atoms with van der Waals surface area (Å²) in [6, 6.07) is 17.4. The zero-order chi connectivity index (χ0) is 13.8. The fourth-order valence-corrected chi connectivity index (χ4v) is 2.19. The van der Waals surface area contributed by atoms with Crippen molar-refractivity contribution in [2.75, 3.05) is 6.61 Å². The van der Waals surface area contributed by atoms with Crippen LogP contribution in [0.15, 0.2) is 67.0 Å². The Bertz CT molecular complexity index is 692. The highest BCUT2D eigenvalue weighted by atomic mass is 16.5. The van der Waals surface area contributed by atoms with E-state index in [4.69, 9.17) is 4.74 Å². The predicted molar refractivity (Wildman–Crippen MR) is 78.6 cm³/mol. The van der Waals surface area contributed by atoms with E-state index in [0.717, 1.165) is 22.1 Å². The molecule has 3 nitrogen and oxygen atoms in total. The second-order valence-electron chi connectivity index (χ2n) is 4.59. The number of para-hydroxylation sites is 1. The van der Waals surface area contributed by atoms with Gasteiger partial charge in [0, 0.05) is 23.3 Å². The minimum atomic E-state index is -0.700. The number of aliphatic hydroxyl groups is 1. The third kappa shape index (κ3) is 2.63. The molecule has 20 heavy (non-hydrogen) atoms. The van der Waals surface area contributed by atoms with Gasteiger partial charge in [-0.2, -0.15) is 0 Å². The summed E-state index contributed by atoms with van der Waals surface area (Å²) in [5.41, 5.74) is 0.791. The van der Waals surface area contributed by atoms with Crippen molar-refractivity contribution in [2.45, 2.75) is 6.10 Å². The number of aliphatic hydroxyl groups excluding tert-OH is 1. The summed E-state index contributed by atoms with van der Waals surface area (Å²) in [4.78, 5) is 4.17. The maximum atomic E-state index is 10.3. The number of pyridine rings is 1. The molecule has 100 valence electrons. The van der Waals surface area contributed by atoms with Crippen LogP contribution in [0.2, 0.25) is 0 Å². The first-order chi connectivity index (χ1) is 9.84. The lowest BCUT2D eigenvalue weighted by molar-refractivity contribution is 0.109. The molecule has 3 rings (SSSR count). The molecule has 0 fully saturated rings. The molecule has 0 radical (unpaired) electrons. The number of fused-ring (bicyclic) bond motifs is 1. The van der Waals surface area contributed by atoms with Crippen LogP contribution < -0.4 is 4.74 Å². The zero-order valence-electron chi connectivity index (χ0n) is 10.9. The molecule has 0 amide bonds. The van der Waals surface area contributed by atoms with Crippen molar-refractivity contribution in [3.05, 3.63) is 72.6 Å². The van der Waals surface area contributed by atoms with Crippen molar-refractivity contribution in [3.8, 4) is 5.75 Å². The van der Waals surface area contributed by atoms with Gasteiger partial charge in [0.2, 0.25) is 0 Å². The van der Waals surface area contributed by atoms with Crippen LogP contribution in [0, 0.1) is 0 Å². The highest BCUT2D eigenvalue weighted by Gasteiger charge is 2.12. The number of ether oxygens (including phenoxy) is 1. The summed E-state index contributed by atoms with van der Waals surface area (Å²) in [5, 5.41) is 12.3. The maximum Gasteiger partial charge on any atom is 0.119 e. The molecule has 0 spiro atoms. The lowest BCUT2D eigenvalue weighted by Crippen LogP contribution is -2.10. The van der Waals surface area contributed by atoms with Gasteiger partial charge in [0.25, 0.3) is 0 Å². The van der Waals surface area contributed by atoms with E-state index in [1.165, 1.54) is 0 Å². The fraction of sp³-hybridized carbons (Fsp3) is 0.118. The predicted octanol–water partition coefficient (Wildman–Crippen LogP) is 3.35. The molecule has 3 aromatic rings. The number of aromatic nitrogens is 1. The Kier molecular flexibility index (Phi) is 3.61. The Morgan fingerprint density at radius 2 is 1.70 bits per heavy atom. The molecule has 0 saturated carbocycles. The topological polar surface area (TPSA) is 42.4 Å². The van der Waals surface area contributed by atoms with Gasteiger partial charge < -0.3 is 9.84 Å². The number of rotatable bonds is 4. The van der Waals surface area contributed by atoms with Gasteiger partial charge in [0.15, 0.2) is 0 Å². The Labute approximate surface area is 117 Å². The summed E-state index contributed by atoms with van der Waals surface area (Å²) in [5.74, 6) is 0.750. The highest BCUT2D eigenvalue weighted by Crippen LogP contribution is 2.23. The largest absolute Gasteiger partial charge is 0.491 e. The fourth-order valence-electron chi connectivity index (χ4n) is 2.19. The molecule has 1 atom stereocenters. The molecule has 0 aliphatic heterocycles. The summed E-state index contributed by atoms with van der Waals surface area (Å²) < 4.78 is 5.59. The average molecular weight is 265 g/mol. The van der Waals surface area contributed by atoms with Gasteiger partial charge >= 0.3 is 0 Å². The van der Waals surface area contributed by atoms with Crippen LogP contribution in [-0.2, 0) is 0 Å². The Morgan fingerprint density at radius 3 is 2.55 bits per heavy atom. The smallest absolute Gasteiger partial charge is 0.119 e. The molecule has 1 N–H and O–H groups in total. The number of hydrogen-bond acceptors (Lipinski definition) is 3. The number of benzene rings is 2. The van der Waals surface area contributed by atoms with Crippen molar-refractivity contribution in [1.29, 1.82) is 0 Å². The monoisotopic (exact) mass is 265 g/mol. The van der Waals surface area contributed by atoms with E-state index in [9.17, 15) is 5.11 Å². The standard InChI is InChI=1S/C17H15NO2/c19-17(12-20-14-7-2-1-3-8-14)16-11-18-10-13-6-4-5-9-15(13)16/h1-11,17,19H,12H2. The lowest BCUT2D eigenvalue weighted by Gasteiger charge is -2.14. The molecular formula is C17H15NO2. The molecule has 1 aromatic heterocycles. The van der Waals surface area contributed by atoms with Gasteiger partial charge in [-0.3, -0.25) is 4.98 Å². The van der Waals surface area contributed by atoms with Gasteiger partial charge in [-0.15, -0.1) is 0 Å². The van der Waals surface area contributed by atoms with Gasteiger partial charge in [-0.25, -0.2) is 0 Å². The minimum absolute atomic E-state index is 0.208. The third-order valence-electron chi connectivity index (χ3n) is 3.21. The maximum absolute atomic E-state index is 10.3. The van der Waals surface area contributed by atoms with E-state index < -0.39 is 6.10 Å². The van der Waals surface area contributed by atoms with Crippen molar-refractivity contribution >= 4 is 10.8 Å². The minimum Gasteiger partial charge on any atom is -0.491 e. The molecule has 3 heteroatoms. The molecule has 1 heterocycles. The first kappa shape index (κ1) is 12.6. The SMILES string of the molecule is OC(COc1ccccc1)c1cncc2ccccc12. The van der Waals surface area contributed by atoms with Crippen molar-refractivity contribution < 1.29 is 9.84 Å². The van der Waals surface area contributed by atoms with Crippen LogP contribution in [0.25, 0.3) is 10.8 Å². The Morgan fingerprint density at radius 1 is 0.950 bits per heavy atom. The van der Waals surface area contributed by atoms with E-state index in [2.05, 4.69) is 4.98 Å². The van der Waals surface area contributed by atoms with Gasteiger partial charge in [0.05, 0.1) is 0 Å². The van der Waals surface area contributed by atoms with E-state index >= 15 is 0 Å². The van der Waals surface area contributed by atoms with Crippen LogP contribution in [-0.4, -0.2) is 16.7 Å². The first-order valence-electron chi connectivity index (χ1n) is 6.53. The Hall–Kier alpha value is -2.39. The summed E-state index contributed by atoms with van der Waals surface area (Å²) in [6.45, 7) is 0.208. The van der Waals surface area contributed by atoms with Gasteiger partial charge in [-0.05, 0) is 17.5 Å². The Balaban J connectivity index is 1.80. The number of nitrogens with zero attached hydrogens (tertiary/aromatic N) is 1. The normalized spacial score (nSPS) is 12.2. The molecule has 0 saturated heterocycles. The van der Waals surface area contributed by atoms with Crippen molar-refractivity contribution in [1.82, 2.24) is 4.98 Å². The highest BCUT2D eigenvalue weighted by molar-refractivity contribution is 5.84. The van der Waals surface area contributed by atoms with Crippen molar-refractivity contribution in [3.63, 3.8) is 0 Å². The molecule has 0 bridgehead atoms. The van der Waals surface area contributed by atoms with Gasteiger partial charge in [0.1, 0.15) is 18.5 Å². The van der Waals surface area contributed by atoms with Crippen LogP contribution in [0.4, 0.5) is 0 Å². The van der Waals surface area contributed by atoms with Crippen LogP contribution in [0.5, 0.6) is 5.75 Å².